The Labute approximate surface area is 90.1 Å². The summed E-state index contributed by atoms with van der Waals surface area (Å²) in [6.45, 7) is 2.01. The van der Waals surface area contributed by atoms with Gasteiger partial charge in [0.2, 0.25) is 0 Å². The number of imidazole rings is 1. The molecule has 0 saturated heterocycles. The van der Waals surface area contributed by atoms with Crippen molar-refractivity contribution in [1.29, 1.82) is 0 Å². The van der Waals surface area contributed by atoms with Crippen molar-refractivity contribution in [3.8, 4) is 0 Å². The van der Waals surface area contributed by atoms with Gasteiger partial charge >= 0.3 is 5.69 Å². The maximum Gasteiger partial charge on any atom is 0.327 e. The Morgan fingerprint density at radius 1 is 1.31 bits per heavy atom. The molecule has 0 spiro atoms. The summed E-state index contributed by atoms with van der Waals surface area (Å²) in [7, 11) is 0. The molecule has 0 bridgehead atoms. The quantitative estimate of drug-likeness (QED) is 0.572. The first-order chi connectivity index (χ1) is 7.61. The fourth-order valence-electron chi connectivity index (χ4n) is 1.57. The van der Waals surface area contributed by atoms with Crippen molar-refractivity contribution in [3.05, 3.63) is 26.7 Å². The third kappa shape index (κ3) is 1.76. The van der Waals surface area contributed by atoms with E-state index in [9.17, 15) is 9.59 Å². The molecule has 0 aromatic carbocycles. The monoisotopic (exact) mass is 223 g/mol. The van der Waals surface area contributed by atoms with Crippen molar-refractivity contribution in [3.63, 3.8) is 0 Å². The molecule has 16 heavy (non-hydrogen) atoms. The number of rotatable bonds is 3. The van der Waals surface area contributed by atoms with Gasteiger partial charge in [-0.2, -0.15) is 0 Å². The molecule has 2 aromatic heterocycles. The molecule has 7 nitrogen and oxygen atoms in total. The predicted octanol–water partition coefficient (Wildman–Crippen LogP) is -0.261. The van der Waals surface area contributed by atoms with Gasteiger partial charge in [0.15, 0.2) is 5.65 Å². The molecule has 5 N–H and O–H groups in total. The van der Waals surface area contributed by atoms with Gasteiger partial charge < -0.3 is 10.7 Å². The molecule has 86 valence electrons. The van der Waals surface area contributed by atoms with Crippen molar-refractivity contribution in [1.82, 2.24) is 19.9 Å². The second-order valence-corrected chi connectivity index (χ2v) is 3.65. The zero-order valence-electron chi connectivity index (χ0n) is 8.83. The molecule has 0 aliphatic rings. The first-order valence-corrected chi connectivity index (χ1v) is 5.09. The molecule has 0 radical (unpaired) electrons. The third-order valence-corrected chi connectivity index (χ3v) is 2.36. The lowest BCUT2D eigenvalue weighted by Gasteiger charge is -2.04. The van der Waals surface area contributed by atoms with E-state index in [1.54, 1.807) is 0 Å². The second-order valence-electron chi connectivity index (χ2n) is 3.65. The van der Waals surface area contributed by atoms with Gasteiger partial charge in [0.05, 0.1) is 6.04 Å². The highest BCUT2D eigenvalue weighted by atomic mass is 16.2. The van der Waals surface area contributed by atoms with Crippen LogP contribution in [0, 0.1) is 0 Å². The van der Waals surface area contributed by atoms with Crippen LogP contribution in [0.25, 0.3) is 11.2 Å². The van der Waals surface area contributed by atoms with Crippen LogP contribution in [-0.4, -0.2) is 19.9 Å². The number of hydrogen-bond donors (Lipinski definition) is 4. The number of aromatic amines is 3. The molecule has 0 saturated carbocycles. The van der Waals surface area contributed by atoms with Gasteiger partial charge in [0, 0.05) is 0 Å². The zero-order valence-corrected chi connectivity index (χ0v) is 8.83. The molecule has 7 heteroatoms. The lowest BCUT2D eigenvalue weighted by Crippen LogP contribution is -2.21. The van der Waals surface area contributed by atoms with Crippen molar-refractivity contribution in [2.24, 2.45) is 5.73 Å². The van der Waals surface area contributed by atoms with E-state index in [0.717, 1.165) is 12.8 Å². The third-order valence-electron chi connectivity index (χ3n) is 2.36. The minimum Gasteiger partial charge on any atom is -0.335 e. The van der Waals surface area contributed by atoms with E-state index in [-0.39, 0.29) is 17.2 Å². The van der Waals surface area contributed by atoms with Gasteiger partial charge in [-0.15, -0.1) is 0 Å². The number of hydrogen-bond acceptors (Lipinski definition) is 4. The van der Waals surface area contributed by atoms with E-state index >= 15 is 0 Å². The van der Waals surface area contributed by atoms with Crippen LogP contribution in [0.5, 0.6) is 0 Å². The lowest BCUT2D eigenvalue weighted by molar-refractivity contribution is 0.610. The Kier molecular flexibility index (Phi) is 2.61. The summed E-state index contributed by atoms with van der Waals surface area (Å²) >= 11 is 0. The van der Waals surface area contributed by atoms with Gasteiger partial charge in [0.25, 0.3) is 5.56 Å². The minimum absolute atomic E-state index is 0.246. The Morgan fingerprint density at radius 2 is 2.06 bits per heavy atom. The number of aromatic nitrogens is 4. The van der Waals surface area contributed by atoms with Crippen LogP contribution in [-0.2, 0) is 0 Å². The van der Waals surface area contributed by atoms with E-state index in [2.05, 4.69) is 19.9 Å². The topological polar surface area (TPSA) is 120 Å². The molecular formula is C9H13N5O2. The highest BCUT2D eigenvalue weighted by Gasteiger charge is 2.12. The molecule has 2 rings (SSSR count). The molecule has 0 aliphatic heterocycles. The largest absolute Gasteiger partial charge is 0.335 e. The van der Waals surface area contributed by atoms with Crippen LogP contribution in [0.1, 0.15) is 31.6 Å². The van der Waals surface area contributed by atoms with E-state index in [4.69, 9.17) is 5.73 Å². The van der Waals surface area contributed by atoms with Crippen LogP contribution in [0.3, 0.4) is 0 Å². The first kappa shape index (κ1) is 10.6. The smallest absolute Gasteiger partial charge is 0.327 e. The molecule has 0 aliphatic carbocycles. The van der Waals surface area contributed by atoms with Crippen molar-refractivity contribution >= 4 is 11.2 Å². The lowest BCUT2D eigenvalue weighted by atomic mass is 10.2. The maximum atomic E-state index is 11.4. The van der Waals surface area contributed by atoms with Crippen molar-refractivity contribution in [2.45, 2.75) is 25.8 Å². The van der Waals surface area contributed by atoms with Crippen LogP contribution < -0.4 is 17.0 Å². The Bertz CT molecular complexity index is 608. The highest BCUT2D eigenvalue weighted by molar-refractivity contribution is 5.68. The SMILES string of the molecule is CCCC(N)c1nc2[nH]c(=O)[nH]c(=O)c2[nH]1. The summed E-state index contributed by atoms with van der Waals surface area (Å²) in [5, 5.41) is 0. The van der Waals surface area contributed by atoms with E-state index < -0.39 is 11.2 Å². The fraction of sp³-hybridized carbons (Fsp3) is 0.444. The Morgan fingerprint density at radius 3 is 2.75 bits per heavy atom. The second kappa shape index (κ2) is 3.93. The van der Waals surface area contributed by atoms with Gasteiger partial charge in [-0.25, -0.2) is 9.78 Å². The molecule has 2 heterocycles. The molecule has 1 unspecified atom stereocenters. The summed E-state index contributed by atoms with van der Waals surface area (Å²) < 4.78 is 0. The summed E-state index contributed by atoms with van der Waals surface area (Å²) in [6.07, 6.45) is 1.69. The molecule has 0 amide bonds. The first-order valence-electron chi connectivity index (χ1n) is 5.09. The van der Waals surface area contributed by atoms with Gasteiger partial charge in [0.1, 0.15) is 11.3 Å². The predicted molar refractivity (Wildman–Crippen MR) is 59.2 cm³/mol. The van der Waals surface area contributed by atoms with Crippen LogP contribution >= 0.6 is 0 Å². The number of fused-ring (bicyclic) bond motifs is 1. The summed E-state index contributed by atoms with van der Waals surface area (Å²) in [5.74, 6) is 0.518. The average Bonchev–Trinajstić information content (AvgIpc) is 2.62. The normalized spacial score (nSPS) is 13.1. The van der Waals surface area contributed by atoms with Gasteiger partial charge in [-0.05, 0) is 6.42 Å². The molecule has 2 aromatic rings. The van der Waals surface area contributed by atoms with Crippen molar-refractivity contribution in [2.75, 3.05) is 0 Å². The number of nitrogens with one attached hydrogen (secondary N) is 3. The fourth-order valence-corrected chi connectivity index (χ4v) is 1.57. The van der Waals surface area contributed by atoms with Crippen molar-refractivity contribution < 1.29 is 0 Å². The Balaban J connectivity index is 2.56. The molecule has 0 fully saturated rings. The zero-order chi connectivity index (χ0) is 11.7. The summed E-state index contributed by atoms with van der Waals surface area (Å²) in [4.78, 5) is 33.9. The van der Waals surface area contributed by atoms with Crippen LogP contribution in [0.4, 0.5) is 0 Å². The summed E-state index contributed by atoms with van der Waals surface area (Å²) in [5.41, 5.74) is 5.30. The van der Waals surface area contributed by atoms with Crippen LogP contribution in [0.2, 0.25) is 0 Å². The highest BCUT2D eigenvalue weighted by Crippen LogP contribution is 2.13. The average molecular weight is 223 g/mol. The Hall–Kier alpha value is -1.89. The number of nitrogens with zero attached hydrogens (tertiary/aromatic N) is 1. The number of H-pyrrole nitrogens is 3. The van der Waals surface area contributed by atoms with Gasteiger partial charge in [-0.3, -0.25) is 14.8 Å². The molecular weight excluding hydrogens is 210 g/mol. The van der Waals surface area contributed by atoms with Gasteiger partial charge in [-0.1, -0.05) is 13.3 Å². The van der Waals surface area contributed by atoms with Crippen LogP contribution in [0.15, 0.2) is 9.59 Å². The molecule has 1 atom stereocenters. The minimum atomic E-state index is -0.570. The van der Waals surface area contributed by atoms with E-state index in [1.165, 1.54) is 0 Å². The standard InChI is InChI=1S/C9H13N5O2/c1-2-3-4(10)6-11-5-7(12-6)13-9(16)14-8(5)15/h4H,2-3,10H2,1H3,(H3,11,12,13,14,15,16). The summed E-state index contributed by atoms with van der Waals surface area (Å²) in [6, 6.07) is -0.250. The number of nitrogens with two attached hydrogens (primary N) is 1. The van der Waals surface area contributed by atoms with E-state index in [1.807, 2.05) is 6.92 Å². The maximum absolute atomic E-state index is 11.4. The van der Waals surface area contributed by atoms with E-state index in [0.29, 0.717) is 5.82 Å².